The number of rotatable bonds is 2. The summed E-state index contributed by atoms with van der Waals surface area (Å²) in [6.45, 7) is 2.28. The first kappa shape index (κ1) is 12.3. The molecular formula is C12H9ClN4OS. The number of fused-ring (bicyclic) bond motifs is 1. The molecule has 0 aliphatic heterocycles. The van der Waals surface area contributed by atoms with Crippen molar-refractivity contribution >= 4 is 33.2 Å². The van der Waals surface area contributed by atoms with Crippen molar-refractivity contribution in [2.24, 2.45) is 0 Å². The Morgan fingerprint density at radius 3 is 2.89 bits per heavy atom. The molecule has 0 aromatic carbocycles. The molecule has 3 aromatic heterocycles. The lowest BCUT2D eigenvalue weighted by molar-refractivity contribution is 0.726. The Morgan fingerprint density at radius 2 is 2.16 bits per heavy atom. The van der Waals surface area contributed by atoms with Crippen LogP contribution in [0.3, 0.4) is 0 Å². The second-order valence-electron chi connectivity index (χ2n) is 4.10. The van der Waals surface area contributed by atoms with E-state index in [-0.39, 0.29) is 5.56 Å². The number of halogens is 1. The van der Waals surface area contributed by atoms with Gasteiger partial charge in [0.15, 0.2) is 0 Å². The third kappa shape index (κ3) is 2.24. The Bertz CT molecular complexity index is 794. The third-order valence-electron chi connectivity index (χ3n) is 2.73. The van der Waals surface area contributed by atoms with E-state index >= 15 is 0 Å². The number of hydrogen-bond acceptors (Lipinski definition) is 5. The van der Waals surface area contributed by atoms with E-state index in [1.165, 1.54) is 22.1 Å². The quantitative estimate of drug-likeness (QED) is 0.727. The van der Waals surface area contributed by atoms with Crippen LogP contribution in [0.5, 0.6) is 0 Å². The maximum atomic E-state index is 12.3. The highest BCUT2D eigenvalue weighted by Gasteiger charge is 2.09. The first-order valence-electron chi connectivity index (χ1n) is 5.55. The van der Waals surface area contributed by atoms with Crippen molar-refractivity contribution in [2.45, 2.75) is 13.5 Å². The van der Waals surface area contributed by atoms with Crippen molar-refractivity contribution in [2.75, 3.05) is 0 Å². The van der Waals surface area contributed by atoms with Gasteiger partial charge in [0.25, 0.3) is 5.56 Å². The largest absolute Gasteiger partial charge is 0.292 e. The van der Waals surface area contributed by atoms with Crippen molar-refractivity contribution in [3.63, 3.8) is 0 Å². The lowest BCUT2D eigenvalue weighted by atomic mass is 10.3. The minimum absolute atomic E-state index is 0.0557. The third-order valence-corrected chi connectivity index (χ3v) is 4.00. The average molecular weight is 293 g/mol. The maximum Gasteiger partial charge on any atom is 0.271 e. The van der Waals surface area contributed by atoms with E-state index in [0.717, 1.165) is 11.1 Å². The molecule has 3 heterocycles. The number of aromatic nitrogens is 4. The molecule has 3 rings (SSSR count). The zero-order valence-electron chi connectivity index (χ0n) is 10.00. The fraction of sp³-hybridized carbons (Fsp3) is 0.167. The van der Waals surface area contributed by atoms with Gasteiger partial charge >= 0.3 is 0 Å². The van der Waals surface area contributed by atoms with Gasteiger partial charge in [0.2, 0.25) is 0 Å². The van der Waals surface area contributed by atoms with Gasteiger partial charge in [-0.2, -0.15) is 0 Å². The van der Waals surface area contributed by atoms with E-state index in [2.05, 4.69) is 15.0 Å². The molecule has 0 bridgehead atoms. The van der Waals surface area contributed by atoms with Crippen molar-refractivity contribution < 1.29 is 0 Å². The number of hydrogen-bond donors (Lipinski definition) is 0. The summed E-state index contributed by atoms with van der Waals surface area (Å²) in [6.07, 6.45) is 4.56. The minimum atomic E-state index is -0.0557. The second-order valence-corrected chi connectivity index (χ2v) is 5.37. The van der Waals surface area contributed by atoms with Crippen molar-refractivity contribution in [3.8, 4) is 0 Å². The molecule has 0 spiro atoms. The maximum absolute atomic E-state index is 12.3. The van der Waals surface area contributed by atoms with E-state index < -0.39 is 0 Å². The summed E-state index contributed by atoms with van der Waals surface area (Å²) in [7, 11) is 0. The molecule has 3 aromatic rings. The number of thiophene rings is 1. The molecule has 19 heavy (non-hydrogen) atoms. The molecule has 0 saturated heterocycles. The van der Waals surface area contributed by atoms with Crippen LogP contribution < -0.4 is 5.56 Å². The Morgan fingerprint density at radius 1 is 1.32 bits per heavy atom. The predicted molar refractivity (Wildman–Crippen MR) is 74.8 cm³/mol. The van der Waals surface area contributed by atoms with Crippen molar-refractivity contribution in [1.82, 2.24) is 19.5 Å². The first-order chi connectivity index (χ1) is 9.15. The van der Waals surface area contributed by atoms with Crippen LogP contribution in [-0.4, -0.2) is 19.5 Å². The van der Waals surface area contributed by atoms with Gasteiger partial charge in [-0.25, -0.2) is 9.97 Å². The molecule has 0 fully saturated rings. The Kier molecular flexibility index (Phi) is 3.04. The molecule has 96 valence electrons. The van der Waals surface area contributed by atoms with Crippen LogP contribution in [0.25, 0.3) is 10.2 Å². The second kappa shape index (κ2) is 4.71. The van der Waals surface area contributed by atoms with Gasteiger partial charge in [0.05, 0.1) is 36.5 Å². The Hall–Kier alpha value is -1.79. The summed E-state index contributed by atoms with van der Waals surface area (Å²) in [5.41, 5.74) is 2.41. The highest BCUT2D eigenvalue weighted by molar-refractivity contribution is 7.17. The summed E-state index contributed by atoms with van der Waals surface area (Å²) < 4.78 is 2.19. The standard InChI is InChI=1S/C12H9ClN4OS/c1-7-5-19-11-10(7)16-6-17(12(11)18)4-8-2-15-9(13)3-14-8/h2-3,5-6H,4H2,1H3. The fourth-order valence-corrected chi connectivity index (χ4v) is 2.82. The zero-order valence-corrected chi connectivity index (χ0v) is 11.6. The molecule has 0 aliphatic carbocycles. The van der Waals surface area contributed by atoms with Crippen LogP contribution in [-0.2, 0) is 6.54 Å². The van der Waals surface area contributed by atoms with Gasteiger partial charge < -0.3 is 0 Å². The van der Waals surface area contributed by atoms with E-state index in [9.17, 15) is 4.79 Å². The summed E-state index contributed by atoms with van der Waals surface area (Å²) >= 11 is 7.09. The molecule has 0 aliphatic rings. The minimum Gasteiger partial charge on any atom is -0.292 e. The fourth-order valence-electron chi connectivity index (χ4n) is 1.77. The van der Waals surface area contributed by atoms with Crippen molar-refractivity contribution in [1.29, 1.82) is 0 Å². The van der Waals surface area contributed by atoms with Crippen LogP contribution in [0.4, 0.5) is 0 Å². The normalized spacial score (nSPS) is 11.1. The molecule has 0 saturated carbocycles. The summed E-state index contributed by atoms with van der Waals surface area (Å²) in [5, 5.41) is 2.27. The number of nitrogens with zero attached hydrogens (tertiary/aromatic N) is 4. The molecule has 5 nitrogen and oxygen atoms in total. The van der Waals surface area contributed by atoms with Crippen LogP contribution in [0.2, 0.25) is 5.15 Å². The van der Waals surface area contributed by atoms with Crippen LogP contribution in [0, 0.1) is 6.92 Å². The van der Waals surface area contributed by atoms with E-state index in [1.54, 1.807) is 12.5 Å². The van der Waals surface area contributed by atoms with Crippen LogP contribution in [0.1, 0.15) is 11.3 Å². The van der Waals surface area contributed by atoms with E-state index in [4.69, 9.17) is 11.6 Å². The average Bonchev–Trinajstić information content (AvgIpc) is 2.78. The predicted octanol–water partition coefficient (Wildman–Crippen LogP) is 2.26. The molecule has 0 N–H and O–H groups in total. The SMILES string of the molecule is Cc1csc2c(=O)n(Cc3cnc(Cl)cn3)cnc12. The lowest BCUT2D eigenvalue weighted by Gasteiger charge is -2.04. The van der Waals surface area contributed by atoms with Gasteiger partial charge in [0, 0.05) is 0 Å². The molecule has 0 radical (unpaired) electrons. The Labute approximate surface area is 117 Å². The van der Waals surface area contributed by atoms with Gasteiger partial charge in [-0.1, -0.05) is 11.6 Å². The molecule has 0 unspecified atom stereocenters. The molecule has 0 atom stereocenters. The highest BCUT2D eigenvalue weighted by Crippen LogP contribution is 2.19. The van der Waals surface area contributed by atoms with E-state index in [0.29, 0.717) is 22.1 Å². The van der Waals surface area contributed by atoms with Crippen LogP contribution in [0.15, 0.2) is 28.9 Å². The van der Waals surface area contributed by atoms with Gasteiger partial charge in [-0.15, -0.1) is 11.3 Å². The van der Waals surface area contributed by atoms with Gasteiger partial charge in [-0.05, 0) is 17.9 Å². The summed E-state index contributed by atoms with van der Waals surface area (Å²) in [5.74, 6) is 0. The highest BCUT2D eigenvalue weighted by atomic mass is 35.5. The number of aryl methyl sites for hydroxylation is 1. The summed E-state index contributed by atoms with van der Waals surface area (Å²) in [6, 6.07) is 0. The molecule has 7 heteroatoms. The molecular weight excluding hydrogens is 284 g/mol. The van der Waals surface area contributed by atoms with E-state index in [1.807, 2.05) is 12.3 Å². The smallest absolute Gasteiger partial charge is 0.271 e. The molecule has 0 amide bonds. The zero-order chi connectivity index (χ0) is 13.4. The topological polar surface area (TPSA) is 60.7 Å². The summed E-state index contributed by atoms with van der Waals surface area (Å²) in [4.78, 5) is 24.6. The monoisotopic (exact) mass is 292 g/mol. The van der Waals surface area contributed by atoms with Crippen molar-refractivity contribution in [3.05, 3.63) is 50.9 Å². The Balaban J connectivity index is 2.04. The van der Waals surface area contributed by atoms with Crippen LogP contribution >= 0.6 is 22.9 Å². The first-order valence-corrected chi connectivity index (χ1v) is 6.80. The van der Waals surface area contributed by atoms with Gasteiger partial charge in [0.1, 0.15) is 9.85 Å². The van der Waals surface area contributed by atoms with Gasteiger partial charge in [-0.3, -0.25) is 14.3 Å². The lowest BCUT2D eigenvalue weighted by Crippen LogP contribution is -2.20.